The second-order valence-electron chi connectivity index (χ2n) is 6.00. The molecule has 0 aliphatic heterocycles. The van der Waals surface area contributed by atoms with Gasteiger partial charge in [-0.1, -0.05) is 45.4 Å². The highest BCUT2D eigenvalue weighted by molar-refractivity contribution is 6.08. The van der Waals surface area contributed by atoms with Crippen molar-refractivity contribution >= 4 is 16.8 Å². The number of ether oxygens (including phenoxy) is 1. The number of aromatic nitrogens is 1. The van der Waals surface area contributed by atoms with Crippen LogP contribution in [-0.4, -0.2) is 48.6 Å². The highest BCUT2D eigenvalue weighted by Gasteiger charge is 2.17. The Labute approximate surface area is 150 Å². The molecule has 0 saturated heterocycles. The summed E-state index contributed by atoms with van der Waals surface area (Å²) < 4.78 is 5.84. The largest absolute Gasteiger partial charge is 0.491 e. The Balaban J connectivity index is 2.20. The average Bonchev–Trinajstić information content (AvgIpc) is 2.65. The maximum atomic E-state index is 12.8. The Bertz CT molecular complexity index is 684. The Kier molecular flexibility index (Phi) is 7.67. The van der Waals surface area contributed by atoms with E-state index in [1.807, 2.05) is 24.3 Å². The Morgan fingerprint density at radius 1 is 1.20 bits per heavy atom. The number of para-hydroxylation sites is 1. The zero-order chi connectivity index (χ0) is 18.1. The summed E-state index contributed by atoms with van der Waals surface area (Å²) >= 11 is 0. The lowest BCUT2D eigenvalue weighted by Crippen LogP contribution is -2.35. The van der Waals surface area contributed by atoms with Crippen LogP contribution in [0.25, 0.3) is 10.9 Å². The number of carbonyl (C=O) groups is 1. The first kappa shape index (κ1) is 19.2. The van der Waals surface area contributed by atoms with Crippen molar-refractivity contribution in [1.29, 1.82) is 0 Å². The number of carbonyl (C=O) groups excluding carboxylic acids is 1. The van der Waals surface area contributed by atoms with Gasteiger partial charge in [0.15, 0.2) is 5.75 Å². The van der Waals surface area contributed by atoms with Crippen LogP contribution in [0.3, 0.4) is 0 Å². The molecule has 0 aliphatic rings. The molecule has 2 rings (SSSR count). The molecule has 0 spiro atoms. The Hall–Kier alpha value is -2.14. The minimum atomic E-state index is -0.0998. The van der Waals surface area contributed by atoms with E-state index in [2.05, 4.69) is 36.0 Å². The van der Waals surface area contributed by atoms with Gasteiger partial charge in [0, 0.05) is 18.5 Å². The van der Waals surface area contributed by atoms with Gasteiger partial charge in [0.2, 0.25) is 0 Å². The van der Waals surface area contributed by atoms with E-state index < -0.39 is 0 Å². The van der Waals surface area contributed by atoms with Crippen molar-refractivity contribution in [1.82, 2.24) is 15.2 Å². The van der Waals surface area contributed by atoms with Gasteiger partial charge >= 0.3 is 0 Å². The summed E-state index contributed by atoms with van der Waals surface area (Å²) in [5.41, 5.74) is 1.39. The van der Waals surface area contributed by atoms with Crippen LogP contribution in [0.5, 0.6) is 5.75 Å². The normalized spacial score (nSPS) is 11.0. The van der Waals surface area contributed by atoms with Crippen molar-refractivity contribution < 1.29 is 9.53 Å². The van der Waals surface area contributed by atoms with E-state index in [1.165, 1.54) is 0 Å². The van der Waals surface area contributed by atoms with Crippen LogP contribution in [0.15, 0.2) is 30.5 Å². The molecule has 1 aromatic heterocycles. The van der Waals surface area contributed by atoms with Crippen LogP contribution in [0, 0.1) is 0 Å². The van der Waals surface area contributed by atoms with Crippen molar-refractivity contribution in [2.45, 2.75) is 33.6 Å². The summed E-state index contributed by atoms with van der Waals surface area (Å²) in [6, 6.07) is 7.69. The number of hydrogen-bond acceptors (Lipinski definition) is 4. The van der Waals surface area contributed by atoms with Crippen molar-refractivity contribution in [2.24, 2.45) is 0 Å². The van der Waals surface area contributed by atoms with Crippen molar-refractivity contribution in [3.8, 4) is 5.75 Å². The summed E-state index contributed by atoms with van der Waals surface area (Å²) in [5.74, 6) is 0.463. The van der Waals surface area contributed by atoms with Gasteiger partial charge < -0.3 is 15.0 Å². The molecule has 0 radical (unpaired) electrons. The van der Waals surface area contributed by atoms with Crippen molar-refractivity contribution in [3.05, 3.63) is 36.0 Å². The van der Waals surface area contributed by atoms with E-state index in [0.717, 1.165) is 43.4 Å². The van der Waals surface area contributed by atoms with E-state index in [0.29, 0.717) is 24.5 Å². The number of rotatable bonds is 10. The number of hydrogen-bond donors (Lipinski definition) is 1. The molecule has 5 nitrogen and oxygen atoms in total. The maximum absolute atomic E-state index is 12.8. The van der Waals surface area contributed by atoms with Gasteiger partial charge in [0.05, 0.1) is 23.9 Å². The molecule has 1 amide bonds. The highest BCUT2D eigenvalue weighted by Crippen LogP contribution is 2.26. The number of benzene rings is 1. The van der Waals surface area contributed by atoms with Crippen LogP contribution in [0.2, 0.25) is 0 Å². The molecule has 0 aliphatic carbocycles. The van der Waals surface area contributed by atoms with E-state index in [1.54, 1.807) is 6.20 Å². The van der Waals surface area contributed by atoms with Gasteiger partial charge in [-0.25, -0.2) is 0 Å². The monoisotopic (exact) mass is 343 g/mol. The molecule has 1 heterocycles. The number of unbranched alkanes of at least 4 members (excludes halogenated alkanes) is 1. The minimum absolute atomic E-state index is 0.0998. The number of nitrogens with zero attached hydrogens (tertiary/aromatic N) is 2. The lowest BCUT2D eigenvalue weighted by atomic mass is 10.1. The maximum Gasteiger partial charge on any atom is 0.255 e. The fourth-order valence-corrected chi connectivity index (χ4v) is 2.75. The molecule has 0 saturated carbocycles. The van der Waals surface area contributed by atoms with Gasteiger partial charge in [-0.3, -0.25) is 9.78 Å². The third-order valence-electron chi connectivity index (χ3n) is 4.33. The van der Waals surface area contributed by atoms with E-state index in [9.17, 15) is 4.79 Å². The van der Waals surface area contributed by atoms with Crippen LogP contribution in [-0.2, 0) is 0 Å². The molecular formula is C20H29N3O2. The fraction of sp³-hybridized carbons (Fsp3) is 0.500. The number of likely N-dealkylation sites (N-methyl/N-ethyl adjacent to an activating group) is 1. The van der Waals surface area contributed by atoms with Gasteiger partial charge in [-0.15, -0.1) is 0 Å². The van der Waals surface area contributed by atoms with Crippen molar-refractivity contribution in [3.63, 3.8) is 0 Å². The topological polar surface area (TPSA) is 54.5 Å². The summed E-state index contributed by atoms with van der Waals surface area (Å²) in [7, 11) is 0. The molecule has 0 unspecified atom stereocenters. The molecule has 0 atom stereocenters. The first-order valence-electron chi connectivity index (χ1n) is 9.22. The molecule has 136 valence electrons. The molecule has 0 bridgehead atoms. The molecule has 5 heteroatoms. The Morgan fingerprint density at radius 3 is 2.68 bits per heavy atom. The summed E-state index contributed by atoms with van der Waals surface area (Å²) in [6.07, 6.45) is 3.67. The second kappa shape index (κ2) is 9.99. The molecular weight excluding hydrogens is 314 g/mol. The standard InChI is InChI=1S/C20H29N3O2/c1-4-7-14-25-18-15-22-17-11-9-8-10-16(17)19(18)20(24)21-12-13-23(5-2)6-3/h8-11,15H,4-7,12-14H2,1-3H3,(H,21,24). The quantitative estimate of drug-likeness (QED) is 0.671. The molecule has 1 aromatic carbocycles. The molecule has 25 heavy (non-hydrogen) atoms. The first-order chi connectivity index (χ1) is 12.2. The van der Waals surface area contributed by atoms with Gasteiger partial charge in [0.1, 0.15) is 0 Å². The third-order valence-corrected chi connectivity index (χ3v) is 4.33. The van der Waals surface area contributed by atoms with Gasteiger partial charge in [0.25, 0.3) is 5.91 Å². The number of fused-ring (bicyclic) bond motifs is 1. The SMILES string of the molecule is CCCCOc1cnc2ccccc2c1C(=O)NCCN(CC)CC. The van der Waals surface area contributed by atoms with Crippen molar-refractivity contribution in [2.75, 3.05) is 32.8 Å². The van der Waals surface area contributed by atoms with Crippen LogP contribution >= 0.6 is 0 Å². The zero-order valence-corrected chi connectivity index (χ0v) is 15.5. The predicted molar refractivity (Wildman–Crippen MR) is 102 cm³/mol. The Morgan fingerprint density at radius 2 is 1.96 bits per heavy atom. The first-order valence-corrected chi connectivity index (χ1v) is 9.22. The molecule has 0 fully saturated rings. The van der Waals surface area contributed by atoms with E-state index in [-0.39, 0.29) is 5.91 Å². The summed E-state index contributed by atoms with van der Waals surface area (Å²) in [6.45, 7) is 10.4. The van der Waals surface area contributed by atoms with Crippen LogP contribution in [0.1, 0.15) is 44.0 Å². The second-order valence-corrected chi connectivity index (χ2v) is 6.00. The lowest BCUT2D eigenvalue weighted by molar-refractivity contribution is 0.0946. The van der Waals surface area contributed by atoms with E-state index in [4.69, 9.17) is 4.74 Å². The summed E-state index contributed by atoms with van der Waals surface area (Å²) in [5, 5.41) is 3.86. The number of pyridine rings is 1. The van der Waals surface area contributed by atoms with Crippen LogP contribution in [0.4, 0.5) is 0 Å². The molecule has 1 N–H and O–H groups in total. The van der Waals surface area contributed by atoms with Gasteiger partial charge in [-0.05, 0) is 25.6 Å². The fourth-order valence-electron chi connectivity index (χ4n) is 2.75. The highest BCUT2D eigenvalue weighted by atomic mass is 16.5. The van der Waals surface area contributed by atoms with E-state index >= 15 is 0 Å². The van der Waals surface area contributed by atoms with Crippen LogP contribution < -0.4 is 10.1 Å². The third kappa shape index (κ3) is 5.16. The lowest BCUT2D eigenvalue weighted by Gasteiger charge is -2.18. The minimum Gasteiger partial charge on any atom is -0.491 e. The summed E-state index contributed by atoms with van der Waals surface area (Å²) in [4.78, 5) is 19.5. The molecule has 2 aromatic rings. The number of amides is 1. The smallest absolute Gasteiger partial charge is 0.255 e. The zero-order valence-electron chi connectivity index (χ0n) is 15.5. The predicted octanol–water partition coefficient (Wildman–Crippen LogP) is 3.49. The van der Waals surface area contributed by atoms with Gasteiger partial charge in [-0.2, -0.15) is 0 Å². The number of nitrogens with one attached hydrogen (secondary N) is 1. The average molecular weight is 343 g/mol.